The highest BCUT2D eigenvalue weighted by molar-refractivity contribution is 5.87. The van der Waals surface area contributed by atoms with Crippen molar-refractivity contribution < 1.29 is 0 Å². The fourth-order valence-electron chi connectivity index (χ4n) is 8.54. The lowest BCUT2D eigenvalue weighted by atomic mass is 9.68. The van der Waals surface area contributed by atoms with Crippen LogP contribution in [0.15, 0.2) is 133 Å². The van der Waals surface area contributed by atoms with E-state index >= 15 is 0 Å². The molecule has 1 saturated carbocycles. The van der Waals surface area contributed by atoms with Crippen LogP contribution >= 0.6 is 0 Å². The van der Waals surface area contributed by atoms with Gasteiger partial charge in [-0.25, -0.2) is 15.0 Å². The minimum Gasteiger partial charge on any atom is -0.208 e. The third-order valence-electron chi connectivity index (χ3n) is 11.0. The standard InChI is InChI=1S/C46H39N3/c1-31-37(22-14-23-38(31)35-25-26-42-40(30-35)39-21-9-10-24-41(39)46(42)27-11-4-12-28-46)34-19-13-20-36(29-34)45-48-43(32-15-5-2-6-16-32)47-44(49-45)33-17-7-3-8-18-33/h2,5-7,9-10,13-26,29-30H,3-4,8,11-12,27-28H2,1H3. The first kappa shape index (κ1) is 29.7. The topological polar surface area (TPSA) is 38.7 Å². The van der Waals surface area contributed by atoms with Crippen molar-refractivity contribution in [3.05, 3.63) is 156 Å². The van der Waals surface area contributed by atoms with Crippen molar-refractivity contribution >= 4 is 5.57 Å². The van der Waals surface area contributed by atoms with Crippen LogP contribution in [0.1, 0.15) is 67.5 Å². The van der Waals surface area contributed by atoms with Gasteiger partial charge in [0.15, 0.2) is 17.5 Å². The fourth-order valence-corrected chi connectivity index (χ4v) is 8.54. The zero-order valence-electron chi connectivity index (χ0n) is 28.0. The van der Waals surface area contributed by atoms with Gasteiger partial charge in [-0.2, -0.15) is 0 Å². The highest BCUT2D eigenvalue weighted by atomic mass is 15.0. The summed E-state index contributed by atoms with van der Waals surface area (Å²) in [6.45, 7) is 2.26. The average Bonchev–Trinajstić information content (AvgIpc) is 3.43. The van der Waals surface area contributed by atoms with Crippen LogP contribution in [0, 0.1) is 6.92 Å². The van der Waals surface area contributed by atoms with Gasteiger partial charge in [0.25, 0.3) is 0 Å². The molecule has 0 radical (unpaired) electrons. The maximum Gasteiger partial charge on any atom is 0.164 e. The summed E-state index contributed by atoms with van der Waals surface area (Å²) in [4.78, 5) is 14.9. The van der Waals surface area contributed by atoms with Gasteiger partial charge in [-0.1, -0.05) is 141 Å². The molecule has 3 heteroatoms. The monoisotopic (exact) mass is 633 g/mol. The molecule has 0 unspecified atom stereocenters. The van der Waals surface area contributed by atoms with Gasteiger partial charge >= 0.3 is 0 Å². The summed E-state index contributed by atoms with van der Waals surface area (Å²) in [6.07, 6.45) is 15.1. The molecule has 3 nitrogen and oxygen atoms in total. The lowest BCUT2D eigenvalue weighted by molar-refractivity contribution is 0.353. The first-order valence-corrected chi connectivity index (χ1v) is 17.8. The SMILES string of the molecule is Cc1c(-c2cccc(-c3nc(C4=CCCC=C4)nc(-c4ccccc4)n3)c2)cccc1-c1ccc2c(c1)-c1ccccc1C21CCCCC1. The minimum absolute atomic E-state index is 0.180. The van der Waals surface area contributed by atoms with E-state index < -0.39 is 0 Å². The zero-order chi connectivity index (χ0) is 32.8. The van der Waals surface area contributed by atoms with Crippen LogP contribution in [0.3, 0.4) is 0 Å². The van der Waals surface area contributed by atoms with Crippen LogP contribution in [-0.4, -0.2) is 15.0 Å². The van der Waals surface area contributed by atoms with E-state index in [4.69, 9.17) is 15.0 Å². The number of hydrogen-bond acceptors (Lipinski definition) is 3. The van der Waals surface area contributed by atoms with Gasteiger partial charge in [-0.3, -0.25) is 0 Å². The van der Waals surface area contributed by atoms with E-state index in [1.165, 1.54) is 76.6 Å². The van der Waals surface area contributed by atoms with Crippen LogP contribution in [0.25, 0.3) is 61.7 Å². The van der Waals surface area contributed by atoms with Crippen molar-refractivity contribution in [1.82, 2.24) is 15.0 Å². The third kappa shape index (κ3) is 5.16. The molecular weight excluding hydrogens is 595 g/mol. The molecule has 5 aromatic carbocycles. The number of allylic oxidation sites excluding steroid dienone is 4. The summed E-state index contributed by atoms with van der Waals surface area (Å²) in [5.41, 5.74) is 15.3. The Balaban J connectivity index is 1.12. The average molecular weight is 634 g/mol. The number of nitrogens with zero attached hydrogens (tertiary/aromatic N) is 3. The molecule has 1 aromatic heterocycles. The van der Waals surface area contributed by atoms with Crippen molar-refractivity contribution in [3.63, 3.8) is 0 Å². The van der Waals surface area contributed by atoms with Crippen molar-refractivity contribution in [3.8, 4) is 56.2 Å². The van der Waals surface area contributed by atoms with E-state index in [1.807, 2.05) is 18.2 Å². The van der Waals surface area contributed by atoms with Gasteiger partial charge < -0.3 is 0 Å². The molecular formula is C46H39N3. The maximum absolute atomic E-state index is 5.02. The summed E-state index contributed by atoms with van der Waals surface area (Å²) in [5, 5.41) is 0. The lowest BCUT2D eigenvalue weighted by Gasteiger charge is -2.36. The summed E-state index contributed by atoms with van der Waals surface area (Å²) >= 11 is 0. The zero-order valence-corrected chi connectivity index (χ0v) is 28.0. The first-order chi connectivity index (χ1) is 24.2. The van der Waals surface area contributed by atoms with E-state index in [0.717, 1.165) is 40.9 Å². The van der Waals surface area contributed by atoms with Gasteiger partial charge in [-0.05, 0) is 94.8 Å². The summed E-state index contributed by atoms with van der Waals surface area (Å²) in [6, 6.07) is 42.0. The largest absolute Gasteiger partial charge is 0.208 e. The van der Waals surface area contributed by atoms with E-state index in [0.29, 0.717) is 11.6 Å². The van der Waals surface area contributed by atoms with Crippen molar-refractivity contribution in [2.24, 2.45) is 0 Å². The molecule has 3 aliphatic rings. The molecule has 0 aliphatic heterocycles. The number of rotatable bonds is 5. The molecule has 0 saturated heterocycles. The Kier molecular flexibility index (Phi) is 7.42. The Morgan fingerprint density at radius 1 is 0.490 bits per heavy atom. The highest BCUT2D eigenvalue weighted by Gasteiger charge is 2.43. The van der Waals surface area contributed by atoms with E-state index in [1.54, 1.807) is 0 Å². The summed E-state index contributed by atoms with van der Waals surface area (Å²) in [7, 11) is 0. The Bertz CT molecular complexity index is 2270. The molecule has 238 valence electrons. The Hall–Kier alpha value is -5.41. The number of hydrogen-bond donors (Lipinski definition) is 0. The van der Waals surface area contributed by atoms with Crippen molar-refractivity contribution in [2.45, 2.75) is 57.3 Å². The lowest BCUT2D eigenvalue weighted by Crippen LogP contribution is -2.27. The molecule has 0 bridgehead atoms. The predicted octanol–water partition coefficient (Wildman–Crippen LogP) is 11.8. The van der Waals surface area contributed by atoms with Crippen molar-refractivity contribution in [1.29, 1.82) is 0 Å². The van der Waals surface area contributed by atoms with Crippen LogP contribution in [-0.2, 0) is 5.41 Å². The second-order valence-corrected chi connectivity index (χ2v) is 13.8. The van der Waals surface area contributed by atoms with E-state index in [9.17, 15) is 0 Å². The van der Waals surface area contributed by atoms with Crippen LogP contribution in [0.4, 0.5) is 0 Å². The summed E-state index contributed by atoms with van der Waals surface area (Å²) in [5.74, 6) is 2.10. The molecule has 49 heavy (non-hydrogen) atoms. The maximum atomic E-state index is 5.02. The number of benzene rings is 5. The summed E-state index contributed by atoms with van der Waals surface area (Å²) < 4.78 is 0. The molecule has 1 fully saturated rings. The Labute approximate surface area is 289 Å². The van der Waals surface area contributed by atoms with Gasteiger partial charge in [-0.15, -0.1) is 0 Å². The van der Waals surface area contributed by atoms with Crippen LogP contribution in [0.5, 0.6) is 0 Å². The predicted molar refractivity (Wildman–Crippen MR) is 202 cm³/mol. The molecule has 3 aliphatic carbocycles. The first-order valence-electron chi connectivity index (χ1n) is 17.8. The third-order valence-corrected chi connectivity index (χ3v) is 11.0. The molecule has 9 rings (SSSR count). The van der Waals surface area contributed by atoms with Crippen LogP contribution < -0.4 is 0 Å². The van der Waals surface area contributed by atoms with Crippen LogP contribution in [0.2, 0.25) is 0 Å². The Morgan fingerprint density at radius 2 is 1.12 bits per heavy atom. The van der Waals surface area contributed by atoms with Gasteiger partial charge in [0.1, 0.15) is 0 Å². The molecule has 0 N–H and O–H groups in total. The molecule has 1 heterocycles. The quantitative estimate of drug-likeness (QED) is 0.190. The van der Waals surface area contributed by atoms with E-state index in [-0.39, 0.29) is 5.41 Å². The number of aromatic nitrogens is 3. The second-order valence-electron chi connectivity index (χ2n) is 13.8. The minimum atomic E-state index is 0.180. The smallest absolute Gasteiger partial charge is 0.164 e. The normalized spacial score (nSPS) is 15.9. The molecule has 0 atom stereocenters. The second kappa shape index (κ2) is 12.2. The highest BCUT2D eigenvalue weighted by Crippen LogP contribution is 2.56. The van der Waals surface area contributed by atoms with Crippen molar-refractivity contribution in [2.75, 3.05) is 0 Å². The fraction of sp³-hybridized carbons (Fsp3) is 0.196. The Morgan fingerprint density at radius 3 is 1.92 bits per heavy atom. The van der Waals surface area contributed by atoms with Gasteiger partial charge in [0, 0.05) is 22.1 Å². The number of fused-ring (bicyclic) bond motifs is 5. The molecule has 0 amide bonds. The van der Waals surface area contributed by atoms with E-state index in [2.05, 4.69) is 122 Å². The van der Waals surface area contributed by atoms with Gasteiger partial charge in [0.2, 0.25) is 0 Å². The molecule has 6 aromatic rings. The molecule has 1 spiro atoms. The van der Waals surface area contributed by atoms with Gasteiger partial charge in [0.05, 0.1) is 0 Å².